The van der Waals surface area contributed by atoms with E-state index in [9.17, 15) is 27.9 Å². The van der Waals surface area contributed by atoms with Crippen molar-refractivity contribution in [3.05, 3.63) is 90.0 Å². The summed E-state index contributed by atoms with van der Waals surface area (Å²) in [4.78, 5) is 41.6. The van der Waals surface area contributed by atoms with E-state index < -0.39 is 34.0 Å². The molecule has 214 valence electrons. The molecule has 12 nitrogen and oxygen atoms in total. The summed E-state index contributed by atoms with van der Waals surface area (Å²) >= 11 is 0. The van der Waals surface area contributed by atoms with Crippen molar-refractivity contribution in [2.24, 2.45) is 16.5 Å². The number of carbonyl (C=O) groups is 3. The van der Waals surface area contributed by atoms with Crippen molar-refractivity contribution >= 4 is 45.1 Å². The fourth-order valence-corrected chi connectivity index (χ4v) is 6.16. The van der Waals surface area contributed by atoms with Gasteiger partial charge in [-0.15, -0.1) is 0 Å². The molecule has 0 aliphatic carbocycles. The number of carboxylic acids is 1. The Bertz CT molecular complexity index is 1540. The summed E-state index contributed by atoms with van der Waals surface area (Å²) in [7, 11) is -3.91. The van der Waals surface area contributed by atoms with Crippen LogP contribution in [-0.2, 0) is 26.0 Å². The first-order valence-electron chi connectivity index (χ1n) is 12.7. The minimum Gasteiger partial charge on any atom is -0.480 e. The first kappa shape index (κ1) is 29.2. The van der Waals surface area contributed by atoms with Gasteiger partial charge in [0.1, 0.15) is 12.1 Å². The van der Waals surface area contributed by atoms with Crippen LogP contribution in [0.2, 0.25) is 0 Å². The quantitative estimate of drug-likeness (QED) is 0.177. The molecular weight excluding hydrogens is 548 g/mol. The average Bonchev–Trinajstić information content (AvgIpc) is 3.45. The molecule has 1 heterocycles. The lowest BCUT2D eigenvalue weighted by Crippen LogP contribution is -2.51. The molecule has 0 saturated carbocycles. The average molecular weight is 579 g/mol. The number of anilines is 1. The van der Waals surface area contributed by atoms with E-state index >= 15 is 0 Å². The number of nitrogens with zero attached hydrogens (tertiary/aromatic N) is 2. The predicted molar refractivity (Wildman–Crippen MR) is 153 cm³/mol. The number of aliphatic carboxylic acids is 1. The Hall–Kier alpha value is -4.75. The molecule has 13 heteroatoms. The molecule has 7 N–H and O–H groups in total. The third kappa shape index (κ3) is 7.26. The van der Waals surface area contributed by atoms with E-state index in [1.165, 1.54) is 12.1 Å². The van der Waals surface area contributed by atoms with Crippen LogP contribution >= 0.6 is 0 Å². The van der Waals surface area contributed by atoms with Crippen LogP contribution < -0.4 is 22.1 Å². The minimum atomic E-state index is -3.91. The molecule has 2 amide bonds. The van der Waals surface area contributed by atoms with Gasteiger partial charge in [-0.25, -0.2) is 18.2 Å². The molecule has 0 aromatic heterocycles. The van der Waals surface area contributed by atoms with E-state index in [1.54, 1.807) is 66.7 Å². The zero-order valence-electron chi connectivity index (χ0n) is 21.9. The molecule has 0 bridgehead atoms. The van der Waals surface area contributed by atoms with Gasteiger partial charge < -0.3 is 27.2 Å². The summed E-state index contributed by atoms with van der Waals surface area (Å²) in [5.41, 5.74) is 12.7. The van der Waals surface area contributed by atoms with Gasteiger partial charge in [0.05, 0.1) is 10.6 Å². The predicted octanol–water partition coefficient (Wildman–Crippen LogP) is 1.81. The van der Waals surface area contributed by atoms with Crippen LogP contribution in [-0.4, -0.2) is 60.2 Å². The highest BCUT2D eigenvalue weighted by Gasteiger charge is 2.40. The van der Waals surface area contributed by atoms with Crippen molar-refractivity contribution in [2.75, 3.05) is 11.9 Å². The summed E-state index contributed by atoms with van der Waals surface area (Å²) in [6.07, 6.45) is 0.727. The molecule has 1 aliphatic heterocycles. The Morgan fingerprint density at radius 3 is 2.24 bits per heavy atom. The zero-order chi connectivity index (χ0) is 29.6. The monoisotopic (exact) mass is 578 g/mol. The third-order valence-electron chi connectivity index (χ3n) is 6.51. The number of amides is 2. The van der Waals surface area contributed by atoms with Crippen LogP contribution in [0.3, 0.4) is 0 Å². The van der Waals surface area contributed by atoms with Gasteiger partial charge in [0.25, 0.3) is 5.91 Å². The highest BCUT2D eigenvalue weighted by molar-refractivity contribution is 7.89. The second kappa shape index (κ2) is 12.6. The Kier molecular flexibility index (Phi) is 9.00. The third-order valence-corrected chi connectivity index (χ3v) is 8.43. The molecular formula is C28H30N6O6S. The summed E-state index contributed by atoms with van der Waals surface area (Å²) in [5.74, 6) is -2.38. The second-order valence-electron chi connectivity index (χ2n) is 9.42. The van der Waals surface area contributed by atoms with Gasteiger partial charge in [-0.3, -0.25) is 9.59 Å². The van der Waals surface area contributed by atoms with E-state index in [0.29, 0.717) is 28.9 Å². The molecule has 3 aromatic rings. The first-order chi connectivity index (χ1) is 19.5. The summed E-state index contributed by atoms with van der Waals surface area (Å²) in [5, 5.41) is 15.0. The van der Waals surface area contributed by atoms with Crippen molar-refractivity contribution < 1.29 is 27.9 Å². The van der Waals surface area contributed by atoms with E-state index in [4.69, 9.17) is 11.5 Å². The zero-order valence-corrected chi connectivity index (χ0v) is 22.8. The minimum absolute atomic E-state index is 0.0420. The van der Waals surface area contributed by atoms with Crippen molar-refractivity contribution in [1.29, 1.82) is 0 Å². The largest absolute Gasteiger partial charge is 0.480 e. The van der Waals surface area contributed by atoms with E-state index in [0.717, 1.165) is 4.31 Å². The number of carbonyl (C=O) groups excluding carboxylic acids is 2. The van der Waals surface area contributed by atoms with Gasteiger partial charge in [-0.1, -0.05) is 30.3 Å². The fourth-order valence-electron chi connectivity index (χ4n) is 4.49. The van der Waals surface area contributed by atoms with E-state index in [2.05, 4.69) is 15.6 Å². The van der Waals surface area contributed by atoms with Gasteiger partial charge in [0, 0.05) is 24.2 Å². The molecule has 0 unspecified atom stereocenters. The topological polar surface area (TPSA) is 197 Å². The SMILES string of the molecule is NC(N)=Nc1ccc(C(=O)Nc2ccc(C[C@H](NC(=O)[C@@H]3CCCN3S(=O)(=O)c3ccccc3)C(=O)O)cc2)cc1. The lowest BCUT2D eigenvalue weighted by atomic mass is 10.0. The Morgan fingerprint density at radius 1 is 0.976 bits per heavy atom. The normalized spacial score (nSPS) is 16.0. The smallest absolute Gasteiger partial charge is 0.326 e. The van der Waals surface area contributed by atoms with Gasteiger partial charge in [0.2, 0.25) is 15.9 Å². The van der Waals surface area contributed by atoms with Crippen molar-refractivity contribution in [3.63, 3.8) is 0 Å². The fraction of sp³-hybridized carbons (Fsp3) is 0.214. The number of benzene rings is 3. The van der Waals surface area contributed by atoms with Gasteiger partial charge in [-0.2, -0.15) is 4.31 Å². The van der Waals surface area contributed by atoms with Crippen molar-refractivity contribution in [3.8, 4) is 0 Å². The van der Waals surface area contributed by atoms with E-state index in [-0.39, 0.29) is 36.1 Å². The van der Waals surface area contributed by atoms with Gasteiger partial charge >= 0.3 is 5.97 Å². The maximum Gasteiger partial charge on any atom is 0.326 e. The molecule has 1 aliphatic rings. The molecule has 1 saturated heterocycles. The maximum atomic E-state index is 13.1. The highest BCUT2D eigenvalue weighted by Crippen LogP contribution is 2.26. The van der Waals surface area contributed by atoms with Crippen LogP contribution in [0.4, 0.5) is 11.4 Å². The molecule has 1 fully saturated rings. The summed E-state index contributed by atoms with van der Waals surface area (Å²) in [6.45, 7) is 0.167. The Labute approximate surface area is 237 Å². The highest BCUT2D eigenvalue weighted by atomic mass is 32.2. The number of hydrogen-bond acceptors (Lipinski definition) is 6. The van der Waals surface area contributed by atoms with Gasteiger partial charge in [-0.05, 0) is 66.9 Å². The lowest BCUT2D eigenvalue weighted by molar-refractivity contribution is -0.142. The Balaban J connectivity index is 1.38. The molecule has 4 rings (SSSR count). The van der Waals surface area contributed by atoms with Crippen LogP contribution in [0, 0.1) is 0 Å². The number of sulfonamides is 1. The number of aliphatic imine (C=N–C) groups is 1. The number of guanidine groups is 1. The standard InChI is InChI=1S/C28H30N6O6S/c29-28(30)32-21-14-10-19(11-15-21)25(35)31-20-12-8-18(9-13-20)17-23(27(37)38)33-26(36)24-7-4-16-34(24)41(39,40)22-5-2-1-3-6-22/h1-3,5-6,8-15,23-24H,4,7,16-17H2,(H,31,35)(H,33,36)(H,37,38)(H4,29,30,32)/t23-,24-/m0/s1. The molecule has 2 atom stereocenters. The number of rotatable bonds is 10. The summed E-state index contributed by atoms with van der Waals surface area (Å²) < 4.78 is 27.3. The van der Waals surface area contributed by atoms with Crippen LogP contribution in [0.15, 0.2) is 88.8 Å². The number of nitrogens with two attached hydrogens (primary N) is 2. The van der Waals surface area contributed by atoms with Crippen LogP contribution in [0.25, 0.3) is 0 Å². The number of nitrogens with one attached hydrogen (secondary N) is 2. The maximum absolute atomic E-state index is 13.1. The molecule has 0 radical (unpaired) electrons. The van der Waals surface area contributed by atoms with Crippen LogP contribution in [0.1, 0.15) is 28.8 Å². The van der Waals surface area contributed by atoms with Crippen LogP contribution in [0.5, 0.6) is 0 Å². The molecule has 0 spiro atoms. The molecule has 3 aromatic carbocycles. The van der Waals surface area contributed by atoms with Gasteiger partial charge in [0.15, 0.2) is 5.96 Å². The molecule has 41 heavy (non-hydrogen) atoms. The summed E-state index contributed by atoms with van der Waals surface area (Å²) in [6, 6.07) is 18.4. The second-order valence-corrected chi connectivity index (χ2v) is 11.3. The first-order valence-corrected chi connectivity index (χ1v) is 14.2. The number of hydrogen-bond donors (Lipinski definition) is 5. The number of carboxylic acid groups (broad SMARTS) is 1. The van der Waals surface area contributed by atoms with Crippen molar-refractivity contribution in [2.45, 2.75) is 36.2 Å². The lowest BCUT2D eigenvalue weighted by Gasteiger charge is -2.25. The van der Waals surface area contributed by atoms with E-state index in [1.807, 2.05) is 0 Å². The van der Waals surface area contributed by atoms with Crippen molar-refractivity contribution in [1.82, 2.24) is 9.62 Å². The Morgan fingerprint density at radius 2 is 1.63 bits per heavy atom.